The van der Waals surface area contributed by atoms with Crippen LogP contribution in [0.4, 0.5) is 5.69 Å². The van der Waals surface area contributed by atoms with E-state index in [1.54, 1.807) is 6.20 Å². The smallest absolute Gasteiger partial charge is 0.267 e. The molecule has 5 heteroatoms. The van der Waals surface area contributed by atoms with Crippen LogP contribution in [0.1, 0.15) is 20.2 Å². The minimum absolute atomic E-state index is 0.110. The molecule has 0 bridgehead atoms. The van der Waals surface area contributed by atoms with Crippen LogP contribution >= 0.6 is 27.3 Å². The summed E-state index contributed by atoms with van der Waals surface area (Å²) in [6, 6.07) is 5.75. The van der Waals surface area contributed by atoms with Crippen LogP contribution in [0.15, 0.2) is 28.9 Å². The lowest BCUT2D eigenvalue weighted by Crippen LogP contribution is -2.11. The Hall–Kier alpha value is -1.20. The van der Waals surface area contributed by atoms with E-state index < -0.39 is 0 Å². The van der Waals surface area contributed by atoms with Gasteiger partial charge < -0.3 is 5.32 Å². The van der Waals surface area contributed by atoms with Crippen LogP contribution in [-0.2, 0) is 0 Å². The van der Waals surface area contributed by atoms with Gasteiger partial charge in [-0.25, -0.2) is 4.98 Å². The fourth-order valence-corrected chi connectivity index (χ4v) is 2.57. The SMILES string of the molecule is Cc1ncc(C(=O)Nc2ccc(Br)cc2C)s1. The molecular formula is C12H11BrN2OS. The molecule has 1 aromatic heterocycles. The predicted octanol–water partition coefficient (Wildman–Crippen LogP) is 3.77. The molecule has 0 atom stereocenters. The molecule has 2 rings (SSSR count). The summed E-state index contributed by atoms with van der Waals surface area (Å²) in [5, 5.41) is 3.77. The largest absolute Gasteiger partial charge is 0.321 e. The molecule has 17 heavy (non-hydrogen) atoms. The Balaban J connectivity index is 2.18. The van der Waals surface area contributed by atoms with E-state index in [0.717, 1.165) is 20.7 Å². The zero-order chi connectivity index (χ0) is 12.4. The molecule has 0 aliphatic heterocycles. The number of nitrogens with one attached hydrogen (secondary N) is 1. The highest BCUT2D eigenvalue weighted by atomic mass is 79.9. The average Bonchev–Trinajstić information content (AvgIpc) is 2.69. The number of hydrogen-bond acceptors (Lipinski definition) is 3. The zero-order valence-corrected chi connectivity index (χ0v) is 11.9. The topological polar surface area (TPSA) is 42.0 Å². The molecule has 0 saturated carbocycles. The third-order valence-corrected chi connectivity index (χ3v) is 3.69. The van der Waals surface area contributed by atoms with Crippen molar-refractivity contribution in [1.82, 2.24) is 4.98 Å². The molecule has 0 fully saturated rings. The van der Waals surface area contributed by atoms with Crippen molar-refractivity contribution < 1.29 is 4.79 Å². The molecule has 1 N–H and O–H groups in total. The number of hydrogen-bond donors (Lipinski definition) is 1. The van der Waals surface area contributed by atoms with E-state index in [2.05, 4.69) is 26.2 Å². The number of carbonyl (C=O) groups is 1. The summed E-state index contributed by atoms with van der Waals surface area (Å²) in [4.78, 5) is 16.6. The van der Waals surface area contributed by atoms with Gasteiger partial charge in [-0.15, -0.1) is 11.3 Å². The number of carbonyl (C=O) groups excluding carboxylic acids is 1. The molecule has 88 valence electrons. The van der Waals surface area contributed by atoms with E-state index in [4.69, 9.17) is 0 Å². The van der Waals surface area contributed by atoms with Gasteiger partial charge in [0, 0.05) is 10.2 Å². The monoisotopic (exact) mass is 310 g/mol. The van der Waals surface area contributed by atoms with E-state index in [1.165, 1.54) is 11.3 Å². The molecule has 1 heterocycles. The highest BCUT2D eigenvalue weighted by Gasteiger charge is 2.10. The number of halogens is 1. The molecule has 0 aliphatic rings. The van der Waals surface area contributed by atoms with Gasteiger partial charge in [-0.1, -0.05) is 15.9 Å². The van der Waals surface area contributed by atoms with Crippen LogP contribution in [0.3, 0.4) is 0 Å². The van der Waals surface area contributed by atoms with Crippen molar-refractivity contribution in [3.05, 3.63) is 44.3 Å². The van der Waals surface area contributed by atoms with E-state index in [0.29, 0.717) is 4.88 Å². The lowest BCUT2D eigenvalue weighted by molar-refractivity contribution is 0.103. The van der Waals surface area contributed by atoms with Crippen molar-refractivity contribution in [3.8, 4) is 0 Å². The molecule has 0 aliphatic carbocycles. The maximum absolute atomic E-state index is 11.9. The fourth-order valence-electron chi connectivity index (χ4n) is 1.42. The summed E-state index contributed by atoms with van der Waals surface area (Å²) in [7, 11) is 0. The van der Waals surface area contributed by atoms with Crippen molar-refractivity contribution in [2.24, 2.45) is 0 Å². The Morgan fingerprint density at radius 2 is 2.18 bits per heavy atom. The van der Waals surface area contributed by atoms with Gasteiger partial charge >= 0.3 is 0 Å². The van der Waals surface area contributed by atoms with Crippen LogP contribution in [0, 0.1) is 13.8 Å². The number of amides is 1. The molecule has 0 spiro atoms. The van der Waals surface area contributed by atoms with Gasteiger partial charge in [0.05, 0.1) is 11.2 Å². The minimum atomic E-state index is -0.110. The second-order valence-electron chi connectivity index (χ2n) is 3.66. The number of aryl methyl sites for hydroxylation is 2. The standard InChI is InChI=1S/C12H11BrN2OS/c1-7-5-9(13)3-4-10(7)15-12(16)11-6-14-8(2)17-11/h3-6H,1-2H3,(H,15,16). The van der Waals surface area contributed by atoms with Crippen molar-refractivity contribution >= 4 is 38.9 Å². The summed E-state index contributed by atoms with van der Waals surface area (Å²) < 4.78 is 1.00. The normalized spacial score (nSPS) is 10.3. The van der Waals surface area contributed by atoms with Crippen LogP contribution in [0.25, 0.3) is 0 Å². The number of benzene rings is 1. The van der Waals surface area contributed by atoms with E-state index in [-0.39, 0.29) is 5.91 Å². The molecule has 2 aromatic rings. The van der Waals surface area contributed by atoms with Gasteiger partial charge in [0.2, 0.25) is 0 Å². The number of aromatic nitrogens is 1. The van der Waals surface area contributed by atoms with E-state index in [1.807, 2.05) is 32.0 Å². The van der Waals surface area contributed by atoms with E-state index >= 15 is 0 Å². The van der Waals surface area contributed by atoms with Crippen molar-refractivity contribution in [3.63, 3.8) is 0 Å². The number of anilines is 1. The van der Waals surface area contributed by atoms with Crippen LogP contribution < -0.4 is 5.32 Å². The quantitative estimate of drug-likeness (QED) is 0.917. The van der Waals surface area contributed by atoms with Crippen molar-refractivity contribution in [2.45, 2.75) is 13.8 Å². The highest BCUT2D eigenvalue weighted by Crippen LogP contribution is 2.21. The summed E-state index contributed by atoms with van der Waals surface area (Å²) in [6.45, 7) is 3.84. The fraction of sp³-hybridized carbons (Fsp3) is 0.167. The molecule has 3 nitrogen and oxygen atoms in total. The molecular weight excluding hydrogens is 300 g/mol. The third kappa shape index (κ3) is 2.92. The second kappa shape index (κ2) is 4.98. The Bertz CT molecular complexity index is 565. The summed E-state index contributed by atoms with van der Waals surface area (Å²) in [6.07, 6.45) is 1.60. The number of nitrogens with zero attached hydrogens (tertiary/aromatic N) is 1. The van der Waals surface area contributed by atoms with Gasteiger partial charge in [-0.05, 0) is 37.6 Å². The maximum atomic E-state index is 11.9. The molecule has 1 aromatic carbocycles. The number of rotatable bonds is 2. The van der Waals surface area contributed by atoms with Crippen molar-refractivity contribution in [1.29, 1.82) is 0 Å². The van der Waals surface area contributed by atoms with Gasteiger partial charge in [0.15, 0.2) is 0 Å². The van der Waals surface area contributed by atoms with Crippen LogP contribution in [-0.4, -0.2) is 10.9 Å². The summed E-state index contributed by atoms with van der Waals surface area (Å²) in [5.41, 5.74) is 1.85. The van der Waals surface area contributed by atoms with Gasteiger partial charge in [0.25, 0.3) is 5.91 Å². The first-order valence-electron chi connectivity index (χ1n) is 5.06. The maximum Gasteiger partial charge on any atom is 0.267 e. The molecule has 1 amide bonds. The first kappa shape index (κ1) is 12.3. The first-order chi connectivity index (χ1) is 8.06. The minimum Gasteiger partial charge on any atom is -0.321 e. The van der Waals surface area contributed by atoms with Gasteiger partial charge in [-0.3, -0.25) is 4.79 Å². The molecule has 0 saturated heterocycles. The van der Waals surface area contributed by atoms with Crippen LogP contribution in [0.2, 0.25) is 0 Å². The Labute approximate surface area is 112 Å². The van der Waals surface area contributed by atoms with Gasteiger partial charge in [-0.2, -0.15) is 0 Å². The lowest BCUT2D eigenvalue weighted by Gasteiger charge is -2.07. The summed E-state index contributed by atoms with van der Waals surface area (Å²) in [5.74, 6) is -0.110. The first-order valence-corrected chi connectivity index (χ1v) is 6.67. The zero-order valence-electron chi connectivity index (χ0n) is 9.45. The highest BCUT2D eigenvalue weighted by molar-refractivity contribution is 9.10. The molecule has 0 radical (unpaired) electrons. The Morgan fingerprint density at radius 1 is 1.41 bits per heavy atom. The average molecular weight is 311 g/mol. The number of thiazole rings is 1. The third-order valence-electron chi connectivity index (χ3n) is 2.28. The molecule has 0 unspecified atom stereocenters. The predicted molar refractivity (Wildman–Crippen MR) is 73.7 cm³/mol. The van der Waals surface area contributed by atoms with E-state index in [9.17, 15) is 4.79 Å². The van der Waals surface area contributed by atoms with Gasteiger partial charge in [0.1, 0.15) is 4.88 Å². The summed E-state index contributed by atoms with van der Waals surface area (Å²) >= 11 is 4.78. The van der Waals surface area contributed by atoms with Crippen molar-refractivity contribution in [2.75, 3.05) is 5.32 Å². The Kier molecular flexibility index (Phi) is 3.59. The second-order valence-corrected chi connectivity index (χ2v) is 5.81. The lowest BCUT2D eigenvalue weighted by atomic mass is 10.2. The Morgan fingerprint density at radius 3 is 2.76 bits per heavy atom. The van der Waals surface area contributed by atoms with Crippen LogP contribution in [0.5, 0.6) is 0 Å².